The number of allylic oxidation sites excluding steroid dienone is 1. The molecule has 2 aliphatic rings. The van der Waals surface area contributed by atoms with Crippen LogP contribution < -0.4 is 0 Å². The number of aliphatic imine (C=N–C) groups is 1. The second kappa shape index (κ2) is 10.0. The van der Waals surface area contributed by atoms with E-state index in [1.165, 1.54) is 29.5 Å². The molecule has 1 unspecified atom stereocenters. The number of halogens is 5. The Balaban J connectivity index is 1.85. The van der Waals surface area contributed by atoms with Gasteiger partial charge in [-0.25, -0.2) is 14.2 Å². The molecule has 0 saturated carbocycles. The van der Waals surface area contributed by atoms with E-state index >= 15 is 0 Å². The molecule has 1 saturated heterocycles. The molecule has 0 N–H and O–H groups in total. The van der Waals surface area contributed by atoms with E-state index in [1.807, 2.05) is 0 Å². The van der Waals surface area contributed by atoms with Gasteiger partial charge in [0.05, 0.1) is 12.2 Å². The lowest BCUT2D eigenvalue weighted by Gasteiger charge is -2.31. The van der Waals surface area contributed by atoms with Gasteiger partial charge in [0.25, 0.3) is 0 Å². The zero-order chi connectivity index (χ0) is 26.3. The Morgan fingerprint density at radius 3 is 2.75 bits per heavy atom. The summed E-state index contributed by atoms with van der Waals surface area (Å²) in [5.41, 5.74) is -4.58. The highest BCUT2D eigenvalue weighted by Gasteiger charge is 2.46. The zero-order valence-electron chi connectivity index (χ0n) is 18.4. The van der Waals surface area contributed by atoms with E-state index in [4.69, 9.17) is 9.73 Å². The van der Waals surface area contributed by atoms with Crippen molar-refractivity contribution in [1.82, 2.24) is 9.88 Å². The first-order valence-corrected chi connectivity index (χ1v) is 13.5. The van der Waals surface area contributed by atoms with Crippen molar-refractivity contribution < 1.29 is 35.5 Å². The SMILES string of the molecule is CCOC(=O)C1=C2CC(C=NS(=O)(=O)C(F)(F)F)CN2C(c2nccs2)=N[C@H]1c1ccc(F)cc1Br. The number of amidine groups is 1. The normalized spacial score (nSPS) is 20.6. The van der Waals surface area contributed by atoms with Crippen LogP contribution in [0.4, 0.5) is 17.6 Å². The Bertz CT molecular complexity index is 1370. The number of ether oxygens (including phenoxy) is 1. The number of thiazole rings is 1. The minimum Gasteiger partial charge on any atom is -0.463 e. The average Bonchev–Trinajstić information content (AvgIpc) is 3.46. The third kappa shape index (κ3) is 5.09. The van der Waals surface area contributed by atoms with E-state index in [0.29, 0.717) is 26.6 Å². The molecule has 0 amide bonds. The van der Waals surface area contributed by atoms with Gasteiger partial charge in [0.2, 0.25) is 0 Å². The fourth-order valence-electron chi connectivity index (χ4n) is 3.87. The van der Waals surface area contributed by atoms with Crippen molar-refractivity contribution in [2.24, 2.45) is 15.3 Å². The molecule has 15 heteroatoms. The molecule has 2 aliphatic heterocycles. The van der Waals surface area contributed by atoms with Crippen molar-refractivity contribution in [3.05, 3.63) is 61.9 Å². The molecular formula is C21H17BrF4N4O4S2. The molecule has 1 fully saturated rings. The smallest absolute Gasteiger partial charge is 0.463 e. The van der Waals surface area contributed by atoms with Gasteiger partial charge in [0, 0.05) is 40.4 Å². The number of sulfonamides is 1. The lowest BCUT2D eigenvalue weighted by molar-refractivity contribution is -0.139. The van der Waals surface area contributed by atoms with Crippen LogP contribution in [0.15, 0.2) is 54.9 Å². The number of hydrogen-bond donors (Lipinski definition) is 0. The van der Waals surface area contributed by atoms with E-state index in [1.54, 1.807) is 23.4 Å². The Morgan fingerprint density at radius 2 is 2.14 bits per heavy atom. The van der Waals surface area contributed by atoms with Crippen molar-refractivity contribution in [3.63, 3.8) is 0 Å². The van der Waals surface area contributed by atoms with E-state index in [-0.39, 0.29) is 25.1 Å². The van der Waals surface area contributed by atoms with Crippen LogP contribution in [-0.2, 0) is 19.6 Å². The highest BCUT2D eigenvalue weighted by Crippen LogP contribution is 2.43. The molecule has 0 bridgehead atoms. The molecule has 8 nitrogen and oxygen atoms in total. The average molecular weight is 609 g/mol. The molecule has 2 atom stereocenters. The van der Waals surface area contributed by atoms with Gasteiger partial charge in [-0.3, -0.25) is 4.99 Å². The Kier molecular flexibility index (Phi) is 7.35. The molecule has 0 aliphatic carbocycles. The van der Waals surface area contributed by atoms with Crippen molar-refractivity contribution in [1.29, 1.82) is 0 Å². The van der Waals surface area contributed by atoms with Crippen LogP contribution in [0.5, 0.6) is 0 Å². The Hall–Kier alpha value is -2.65. The maximum absolute atomic E-state index is 13.8. The molecule has 0 radical (unpaired) electrons. The van der Waals surface area contributed by atoms with Gasteiger partial charge >= 0.3 is 21.5 Å². The van der Waals surface area contributed by atoms with Gasteiger partial charge in [-0.1, -0.05) is 22.0 Å². The summed E-state index contributed by atoms with van der Waals surface area (Å²) < 4.78 is 83.4. The monoisotopic (exact) mass is 608 g/mol. The predicted octanol–water partition coefficient (Wildman–Crippen LogP) is 4.61. The summed E-state index contributed by atoms with van der Waals surface area (Å²) in [7, 11) is -5.72. The number of fused-ring (bicyclic) bond motifs is 1. The number of aromatic nitrogens is 1. The number of nitrogens with zero attached hydrogens (tertiary/aromatic N) is 4. The van der Waals surface area contributed by atoms with Crippen LogP contribution in [-0.4, -0.2) is 55.0 Å². The quantitative estimate of drug-likeness (QED) is 0.270. The molecule has 4 rings (SSSR count). The molecule has 192 valence electrons. The van der Waals surface area contributed by atoms with Crippen molar-refractivity contribution in [3.8, 4) is 0 Å². The van der Waals surface area contributed by atoms with Gasteiger partial charge < -0.3 is 9.64 Å². The number of esters is 1. The molecule has 1 aromatic carbocycles. The third-order valence-electron chi connectivity index (χ3n) is 5.37. The summed E-state index contributed by atoms with van der Waals surface area (Å²) in [4.78, 5) is 23.7. The Labute approximate surface area is 215 Å². The van der Waals surface area contributed by atoms with Crippen LogP contribution in [0.1, 0.15) is 30.0 Å². The standard InChI is InChI=1S/C21H17BrF4N4O4S2/c1-2-34-20(31)16-15-7-11(9-28-36(32,33)21(24,25)26)10-30(15)18(19-27-5-6-35-19)29-17(16)13-4-3-12(23)8-14(13)22/h3-6,8-9,11,17H,2,7,10H2,1H3/t11?,17-/m0/s1. The number of benzene rings is 1. The van der Waals surface area contributed by atoms with Gasteiger partial charge in [0.1, 0.15) is 11.9 Å². The Morgan fingerprint density at radius 1 is 1.39 bits per heavy atom. The number of carbonyl (C=O) groups excluding carboxylic acids is 1. The summed E-state index contributed by atoms with van der Waals surface area (Å²) in [5, 5.41) is 2.18. The summed E-state index contributed by atoms with van der Waals surface area (Å²) in [6.45, 7) is 1.67. The van der Waals surface area contributed by atoms with Crippen molar-refractivity contribution in [2.75, 3.05) is 13.2 Å². The first-order chi connectivity index (χ1) is 16.9. The van der Waals surface area contributed by atoms with Crippen molar-refractivity contribution in [2.45, 2.75) is 24.9 Å². The van der Waals surface area contributed by atoms with Crippen LogP contribution >= 0.6 is 27.3 Å². The maximum atomic E-state index is 13.8. The molecule has 36 heavy (non-hydrogen) atoms. The lowest BCUT2D eigenvalue weighted by atomic mass is 9.94. The van der Waals surface area contributed by atoms with Gasteiger partial charge in [-0.15, -0.1) is 11.3 Å². The van der Waals surface area contributed by atoms with Gasteiger partial charge in [-0.2, -0.15) is 26.0 Å². The minimum absolute atomic E-state index is 0.00480. The summed E-state index contributed by atoms with van der Waals surface area (Å²) in [5.74, 6) is -1.67. The number of rotatable bonds is 6. The van der Waals surface area contributed by atoms with Crippen LogP contribution in [0.25, 0.3) is 0 Å². The van der Waals surface area contributed by atoms with E-state index in [9.17, 15) is 30.8 Å². The molecule has 3 heterocycles. The summed E-state index contributed by atoms with van der Waals surface area (Å²) >= 11 is 4.56. The topological polar surface area (TPSA) is 101 Å². The highest BCUT2D eigenvalue weighted by atomic mass is 79.9. The summed E-state index contributed by atoms with van der Waals surface area (Å²) in [6.07, 6.45) is 2.25. The fraction of sp³-hybridized carbons (Fsp3) is 0.333. The first-order valence-electron chi connectivity index (χ1n) is 10.4. The minimum atomic E-state index is -5.72. The van der Waals surface area contributed by atoms with Gasteiger partial charge in [-0.05, 0) is 31.0 Å². The third-order valence-corrected chi connectivity index (χ3v) is 7.81. The second-order valence-corrected chi connectivity index (χ2v) is 11.1. The molecule has 1 aromatic heterocycles. The maximum Gasteiger partial charge on any atom is 0.518 e. The number of hydrogen-bond acceptors (Lipinski definition) is 8. The largest absolute Gasteiger partial charge is 0.518 e. The van der Waals surface area contributed by atoms with E-state index < -0.39 is 39.3 Å². The van der Waals surface area contributed by atoms with Crippen LogP contribution in [0.2, 0.25) is 0 Å². The lowest BCUT2D eigenvalue weighted by Crippen LogP contribution is -2.35. The fourth-order valence-corrected chi connectivity index (χ4v) is 5.53. The van der Waals surface area contributed by atoms with Crippen LogP contribution in [0.3, 0.4) is 0 Å². The predicted molar refractivity (Wildman–Crippen MR) is 127 cm³/mol. The zero-order valence-corrected chi connectivity index (χ0v) is 21.6. The van der Waals surface area contributed by atoms with Gasteiger partial charge in [0.15, 0.2) is 10.8 Å². The van der Waals surface area contributed by atoms with E-state index in [0.717, 1.165) is 6.21 Å². The van der Waals surface area contributed by atoms with Crippen LogP contribution in [0, 0.1) is 11.7 Å². The molecule has 2 aromatic rings. The molecule has 0 spiro atoms. The van der Waals surface area contributed by atoms with E-state index in [2.05, 4.69) is 25.3 Å². The van der Waals surface area contributed by atoms with Crippen molar-refractivity contribution >= 4 is 55.3 Å². The second-order valence-electron chi connectivity index (χ2n) is 7.69. The molecular weight excluding hydrogens is 592 g/mol. The summed E-state index contributed by atoms with van der Waals surface area (Å²) in [6, 6.07) is 2.95. The highest BCUT2D eigenvalue weighted by molar-refractivity contribution is 9.10. The number of carbonyl (C=O) groups is 1. The first kappa shape index (κ1) is 26.4. The number of alkyl halides is 3.